The van der Waals surface area contributed by atoms with E-state index in [4.69, 9.17) is 9.72 Å². The summed E-state index contributed by atoms with van der Waals surface area (Å²) in [6.07, 6.45) is 4.15. The zero-order valence-electron chi connectivity index (χ0n) is 13.6. The number of fused-ring (bicyclic) bond motifs is 1. The number of halogens is 2. The van der Waals surface area contributed by atoms with Gasteiger partial charge in [0.1, 0.15) is 5.60 Å². The Balaban J connectivity index is 0.00000121. The van der Waals surface area contributed by atoms with Crippen LogP contribution in [0.3, 0.4) is 0 Å². The second kappa shape index (κ2) is 6.87. The Hall–Kier alpha value is -0.620. The van der Waals surface area contributed by atoms with Crippen molar-refractivity contribution in [1.82, 2.24) is 15.3 Å². The van der Waals surface area contributed by atoms with Crippen molar-refractivity contribution < 1.29 is 4.74 Å². The summed E-state index contributed by atoms with van der Waals surface area (Å²) < 4.78 is 6.11. The maximum Gasteiger partial charge on any atom is 0.223 e. The molecular weight excluding hydrogens is 323 g/mol. The average Bonchev–Trinajstić information content (AvgIpc) is 2.56. The summed E-state index contributed by atoms with van der Waals surface area (Å²) in [4.78, 5) is 9.21. The van der Waals surface area contributed by atoms with Gasteiger partial charge in [-0.2, -0.15) is 0 Å². The van der Waals surface area contributed by atoms with E-state index in [0.717, 1.165) is 43.1 Å². The Kier molecular flexibility index (Phi) is 6.07. The van der Waals surface area contributed by atoms with E-state index in [0.29, 0.717) is 6.04 Å². The number of nitrogens with one attached hydrogen (secondary N) is 2. The molecule has 1 saturated heterocycles. The third kappa shape index (κ3) is 3.65. The van der Waals surface area contributed by atoms with Gasteiger partial charge in [-0.05, 0) is 53.6 Å². The zero-order chi connectivity index (χ0) is 14.4. The van der Waals surface area contributed by atoms with Gasteiger partial charge >= 0.3 is 0 Å². The Morgan fingerprint density at radius 2 is 1.77 bits per heavy atom. The number of nitrogens with zero attached hydrogens (tertiary/aromatic N) is 2. The molecule has 1 fully saturated rings. The smallest absolute Gasteiger partial charge is 0.223 e. The highest BCUT2D eigenvalue weighted by atomic mass is 35.5. The van der Waals surface area contributed by atoms with E-state index in [2.05, 4.69) is 43.3 Å². The number of hydrogen-bond acceptors (Lipinski definition) is 5. The first-order chi connectivity index (χ1) is 9.38. The summed E-state index contributed by atoms with van der Waals surface area (Å²) in [6, 6.07) is 0.466. The van der Waals surface area contributed by atoms with Crippen molar-refractivity contribution in [2.45, 2.75) is 57.8 Å². The van der Waals surface area contributed by atoms with E-state index in [1.165, 1.54) is 0 Å². The second-order valence-electron chi connectivity index (χ2n) is 6.75. The normalized spacial score (nSPS) is 22.2. The van der Waals surface area contributed by atoms with Gasteiger partial charge in [-0.25, -0.2) is 9.97 Å². The number of aromatic nitrogens is 2. The van der Waals surface area contributed by atoms with Crippen LogP contribution in [0.25, 0.3) is 0 Å². The molecule has 126 valence electrons. The minimum atomic E-state index is -0.355. The number of rotatable bonds is 2. The molecule has 0 amide bonds. The molecule has 2 aliphatic heterocycles. The topological polar surface area (TPSA) is 59.1 Å². The van der Waals surface area contributed by atoms with Gasteiger partial charge in [-0.15, -0.1) is 24.8 Å². The van der Waals surface area contributed by atoms with E-state index in [1.54, 1.807) is 0 Å². The van der Waals surface area contributed by atoms with Crippen LogP contribution in [0, 0.1) is 0 Å². The molecule has 2 aliphatic rings. The molecule has 3 heterocycles. The second-order valence-corrected chi connectivity index (χ2v) is 6.75. The van der Waals surface area contributed by atoms with Crippen molar-refractivity contribution >= 4 is 30.8 Å². The van der Waals surface area contributed by atoms with Crippen molar-refractivity contribution in [2.75, 3.05) is 18.4 Å². The van der Waals surface area contributed by atoms with Gasteiger partial charge in [0.25, 0.3) is 0 Å². The Bertz CT molecular complexity index is 516. The van der Waals surface area contributed by atoms with Gasteiger partial charge in [0.15, 0.2) is 0 Å². The van der Waals surface area contributed by atoms with Crippen LogP contribution < -0.4 is 10.6 Å². The van der Waals surface area contributed by atoms with Crippen LogP contribution in [-0.4, -0.2) is 29.1 Å². The van der Waals surface area contributed by atoms with Crippen molar-refractivity contribution in [3.63, 3.8) is 0 Å². The Morgan fingerprint density at radius 3 is 2.41 bits per heavy atom. The Labute approximate surface area is 144 Å². The molecule has 22 heavy (non-hydrogen) atoms. The van der Waals surface area contributed by atoms with E-state index >= 15 is 0 Å². The number of anilines is 1. The van der Waals surface area contributed by atoms with E-state index < -0.39 is 0 Å². The summed E-state index contributed by atoms with van der Waals surface area (Å²) in [7, 11) is 0. The van der Waals surface area contributed by atoms with E-state index in [1.807, 2.05) is 6.20 Å². The van der Waals surface area contributed by atoms with E-state index in [9.17, 15) is 0 Å². The van der Waals surface area contributed by atoms with Crippen LogP contribution in [-0.2, 0) is 15.9 Å². The molecule has 0 radical (unpaired) electrons. The lowest BCUT2D eigenvalue weighted by Gasteiger charge is -2.24. The highest BCUT2D eigenvalue weighted by Crippen LogP contribution is 2.45. The van der Waals surface area contributed by atoms with Crippen LogP contribution >= 0.6 is 24.8 Å². The van der Waals surface area contributed by atoms with Gasteiger partial charge in [0, 0.05) is 17.8 Å². The van der Waals surface area contributed by atoms with Crippen molar-refractivity contribution in [3.05, 3.63) is 17.5 Å². The highest BCUT2D eigenvalue weighted by molar-refractivity contribution is 5.85. The fourth-order valence-electron chi connectivity index (χ4n) is 3.24. The molecule has 0 aliphatic carbocycles. The first-order valence-electron chi connectivity index (χ1n) is 7.44. The van der Waals surface area contributed by atoms with Gasteiger partial charge in [0.2, 0.25) is 5.95 Å². The lowest BCUT2D eigenvalue weighted by molar-refractivity contribution is -0.106. The third-order valence-electron chi connectivity index (χ3n) is 4.19. The standard InChI is InChI=1S/C15H24N4O.2ClH/c1-14(2)11-9-17-13(18-10-5-7-16-8-6-10)19-12(11)15(3,4)20-14;;/h9-10,16H,5-8H2,1-4H3,(H,17,18,19);2*1H. The summed E-state index contributed by atoms with van der Waals surface area (Å²) in [5.41, 5.74) is 1.44. The maximum atomic E-state index is 6.11. The molecule has 3 rings (SSSR count). The number of hydrogen-bond donors (Lipinski definition) is 2. The van der Waals surface area contributed by atoms with Crippen LogP contribution in [0.1, 0.15) is 51.8 Å². The molecule has 0 aromatic carbocycles. The first kappa shape index (κ1) is 19.4. The van der Waals surface area contributed by atoms with Crippen LogP contribution in [0.5, 0.6) is 0 Å². The molecule has 0 atom stereocenters. The number of piperidine rings is 1. The van der Waals surface area contributed by atoms with Crippen LogP contribution in [0.2, 0.25) is 0 Å². The summed E-state index contributed by atoms with van der Waals surface area (Å²) in [5, 5.41) is 6.82. The predicted molar refractivity (Wildman–Crippen MR) is 93.2 cm³/mol. The lowest BCUT2D eigenvalue weighted by atomic mass is 9.97. The van der Waals surface area contributed by atoms with Crippen molar-refractivity contribution in [3.8, 4) is 0 Å². The van der Waals surface area contributed by atoms with Crippen molar-refractivity contribution in [1.29, 1.82) is 0 Å². The quantitative estimate of drug-likeness (QED) is 0.860. The average molecular weight is 349 g/mol. The molecule has 1 aromatic heterocycles. The van der Waals surface area contributed by atoms with Gasteiger partial charge in [-0.1, -0.05) is 0 Å². The van der Waals surface area contributed by atoms with E-state index in [-0.39, 0.29) is 36.0 Å². The summed E-state index contributed by atoms with van der Waals surface area (Å²) >= 11 is 0. The van der Waals surface area contributed by atoms with Gasteiger partial charge < -0.3 is 15.4 Å². The number of ether oxygens (including phenoxy) is 1. The Morgan fingerprint density at radius 1 is 1.14 bits per heavy atom. The SMILES string of the molecule is CC1(C)OC(C)(C)c2nc(NC3CCNCC3)ncc21.Cl.Cl. The first-order valence-corrected chi connectivity index (χ1v) is 7.44. The minimum absolute atomic E-state index is 0. The van der Waals surface area contributed by atoms with Crippen LogP contribution in [0.4, 0.5) is 5.95 Å². The molecule has 0 spiro atoms. The molecule has 7 heteroatoms. The van der Waals surface area contributed by atoms with Crippen LogP contribution in [0.15, 0.2) is 6.20 Å². The zero-order valence-corrected chi connectivity index (χ0v) is 15.2. The lowest BCUT2D eigenvalue weighted by Crippen LogP contribution is -2.35. The van der Waals surface area contributed by atoms with Gasteiger partial charge in [-0.3, -0.25) is 0 Å². The van der Waals surface area contributed by atoms with Crippen molar-refractivity contribution in [2.24, 2.45) is 0 Å². The molecule has 5 nitrogen and oxygen atoms in total. The fraction of sp³-hybridized carbons (Fsp3) is 0.733. The summed E-state index contributed by atoms with van der Waals surface area (Å²) in [5.74, 6) is 0.727. The third-order valence-corrected chi connectivity index (χ3v) is 4.19. The molecule has 0 unspecified atom stereocenters. The predicted octanol–water partition coefficient (Wildman–Crippen LogP) is 2.98. The monoisotopic (exact) mass is 348 g/mol. The van der Waals surface area contributed by atoms with Gasteiger partial charge in [0.05, 0.1) is 11.3 Å². The maximum absolute atomic E-state index is 6.11. The molecule has 2 N–H and O–H groups in total. The molecular formula is C15H26Cl2N4O. The summed E-state index contributed by atoms with van der Waals surface area (Å²) in [6.45, 7) is 10.4. The molecule has 1 aromatic rings. The minimum Gasteiger partial charge on any atom is -0.359 e. The highest BCUT2D eigenvalue weighted by Gasteiger charge is 2.44. The fourth-order valence-corrected chi connectivity index (χ4v) is 3.24. The molecule has 0 bridgehead atoms. The largest absolute Gasteiger partial charge is 0.359 e. The molecule has 0 saturated carbocycles.